The number of likely N-dealkylation sites (tertiary alicyclic amines) is 1. The minimum Gasteiger partial charge on any atom is -0.444 e. The second-order valence-corrected chi connectivity index (χ2v) is 7.25. The first kappa shape index (κ1) is 18.3. The molecule has 2 rings (SSSR count). The van der Waals surface area contributed by atoms with Gasteiger partial charge in [0.05, 0.1) is 0 Å². The maximum absolute atomic E-state index is 13.0. The first-order valence-electron chi connectivity index (χ1n) is 8.60. The third-order valence-electron chi connectivity index (χ3n) is 4.06. The van der Waals surface area contributed by atoms with Crippen molar-refractivity contribution in [1.29, 1.82) is 0 Å². The summed E-state index contributed by atoms with van der Waals surface area (Å²) in [6.45, 7) is 10.6. The summed E-state index contributed by atoms with van der Waals surface area (Å²) < 4.78 is 5.46. The van der Waals surface area contributed by atoms with Gasteiger partial charge in [0.1, 0.15) is 11.6 Å². The molecule has 0 saturated carbocycles. The van der Waals surface area contributed by atoms with Gasteiger partial charge < -0.3 is 9.64 Å². The third-order valence-corrected chi connectivity index (χ3v) is 4.06. The Bertz CT molecular complexity index is 607. The van der Waals surface area contributed by atoms with Gasteiger partial charge in [-0.15, -0.1) is 0 Å². The second-order valence-electron chi connectivity index (χ2n) is 7.25. The van der Waals surface area contributed by atoms with Crippen LogP contribution in [-0.4, -0.2) is 41.6 Å². The van der Waals surface area contributed by atoms with E-state index in [2.05, 4.69) is 0 Å². The lowest BCUT2D eigenvalue weighted by Gasteiger charge is -2.31. The van der Waals surface area contributed by atoms with Crippen molar-refractivity contribution in [3.05, 3.63) is 29.8 Å². The maximum atomic E-state index is 13.0. The second kappa shape index (κ2) is 7.24. The summed E-state index contributed by atoms with van der Waals surface area (Å²) >= 11 is 0. The zero-order valence-electron chi connectivity index (χ0n) is 15.3. The van der Waals surface area contributed by atoms with Crippen LogP contribution < -0.4 is 4.90 Å². The zero-order chi connectivity index (χ0) is 17.9. The largest absolute Gasteiger partial charge is 0.444 e. The Labute approximate surface area is 144 Å². The number of benzene rings is 1. The van der Waals surface area contributed by atoms with E-state index >= 15 is 0 Å². The van der Waals surface area contributed by atoms with Gasteiger partial charge in [-0.3, -0.25) is 9.69 Å². The van der Waals surface area contributed by atoms with Crippen LogP contribution in [0.1, 0.15) is 46.1 Å². The van der Waals surface area contributed by atoms with Crippen molar-refractivity contribution in [2.45, 2.75) is 59.1 Å². The number of amides is 2. The van der Waals surface area contributed by atoms with Gasteiger partial charge in [0.15, 0.2) is 0 Å². The van der Waals surface area contributed by atoms with E-state index in [1.807, 2.05) is 58.9 Å². The molecule has 0 spiro atoms. The van der Waals surface area contributed by atoms with E-state index in [1.54, 1.807) is 9.80 Å². The van der Waals surface area contributed by atoms with E-state index in [1.165, 1.54) is 0 Å². The monoisotopic (exact) mass is 332 g/mol. The van der Waals surface area contributed by atoms with Crippen LogP contribution in [0.2, 0.25) is 0 Å². The molecule has 1 aromatic rings. The van der Waals surface area contributed by atoms with E-state index < -0.39 is 17.7 Å². The molecule has 1 atom stereocenters. The summed E-state index contributed by atoms with van der Waals surface area (Å²) in [6.07, 6.45) is 1.10. The average Bonchev–Trinajstić information content (AvgIpc) is 2.95. The quantitative estimate of drug-likeness (QED) is 0.847. The van der Waals surface area contributed by atoms with Crippen molar-refractivity contribution in [2.24, 2.45) is 0 Å². The number of hydrogen-bond donors (Lipinski definition) is 0. The molecule has 1 aliphatic heterocycles. The van der Waals surface area contributed by atoms with Crippen LogP contribution in [0.25, 0.3) is 0 Å². The molecule has 1 heterocycles. The topological polar surface area (TPSA) is 49.9 Å². The van der Waals surface area contributed by atoms with Gasteiger partial charge in [-0.25, -0.2) is 4.79 Å². The van der Waals surface area contributed by atoms with Gasteiger partial charge in [-0.1, -0.05) is 12.1 Å². The lowest BCUT2D eigenvalue weighted by Crippen LogP contribution is -2.49. The number of rotatable bonds is 3. The number of carbonyl (C=O) groups excluding carboxylic acids is 2. The Balaban J connectivity index is 2.18. The molecule has 5 nitrogen and oxygen atoms in total. The fourth-order valence-electron chi connectivity index (χ4n) is 3.00. The summed E-state index contributed by atoms with van der Waals surface area (Å²) in [4.78, 5) is 28.8. The zero-order valence-corrected chi connectivity index (χ0v) is 15.3. The summed E-state index contributed by atoms with van der Waals surface area (Å²) in [5.41, 5.74) is 1.42. The van der Waals surface area contributed by atoms with Gasteiger partial charge in [0, 0.05) is 18.8 Å². The highest BCUT2D eigenvalue weighted by Crippen LogP contribution is 2.25. The molecule has 0 unspecified atom stereocenters. The lowest BCUT2D eigenvalue weighted by molar-refractivity contribution is -0.122. The molecule has 24 heavy (non-hydrogen) atoms. The van der Waals surface area contributed by atoms with Crippen molar-refractivity contribution < 1.29 is 14.3 Å². The summed E-state index contributed by atoms with van der Waals surface area (Å²) in [7, 11) is 0. The molecule has 0 N–H and O–H groups in total. The Hall–Kier alpha value is -2.04. The van der Waals surface area contributed by atoms with Gasteiger partial charge >= 0.3 is 6.09 Å². The summed E-state index contributed by atoms with van der Waals surface area (Å²) in [5, 5.41) is 0. The Kier molecular flexibility index (Phi) is 5.52. The molecule has 5 heteroatoms. The highest BCUT2D eigenvalue weighted by atomic mass is 16.6. The van der Waals surface area contributed by atoms with Crippen molar-refractivity contribution in [3.8, 4) is 0 Å². The smallest absolute Gasteiger partial charge is 0.410 e. The van der Waals surface area contributed by atoms with Crippen LogP contribution in [0.4, 0.5) is 10.5 Å². The van der Waals surface area contributed by atoms with Crippen LogP contribution in [0, 0.1) is 6.92 Å². The molecule has 0 aliphatic carbocycles. The molecule has 1 aromatic carbocycles. The molecule has 0 aromatic heterocycles. The maximum Gasteiger partial charge on any atom is 0.410 e. The predicted octanol–water partition coefficient (Wildman–Crippen LogP) is 3.75. The van der Waals surface area contributed by atoms with Crippen molar-refractivity contribution in [1.82, 2.24) is 4.90 Å². The first-order chi connectivity index (χ1) is 11.2. The molecule has 1 aliphatic rings. The number of carbonyl (C=O) groups is 2. The third kappa shape index (κ3) is 4.28. The minimum atomic E-state index is -0.561. The number of likely N-dealkylation sites (N-methyl/N-ethyl adjacent to an activating group) is 1. The summed E-state index contributed by atoms with van der Waals surface area (Å²) in [5.74, 6) is -0.0357. The minimum absolute atomic E-state index is 0.0357. The Morgan fingerprint density at radius 3 is 2.62 bits per heavy atom. The normalized spacial score (nSPS) is 17.7. The predicted molar refractivity (Wildman–Crippen MR) is 95.2 cm³/mol. The highest BCUT2D eigenvalue weighted by molar-refractivity contribution is 5.99. The summed E-state index contributed by atoms with van der Waals surface area (Å²) in [6, 6.07) is 7.43. The number of nitrogens with zero attached hydrogens (tertiary/aromatic N) is 2. The Morgan fingerprint density at radius 1 is 1.33 bits per heavy atom. The van der Waals surface area contributed by atoms with E-state index in [-0.39, 0.29) is 5.91 Å². The van der Waals surface area contributed by atoms with Crippen LogP contribution in [0.3, 0.4) is 0 Å². The fraction of sp³-hybridized carbons (Fsp3) is 0.579. The number of anilines is 1. The molecule has 0 radical (unpaired) electrons. The van der Waals surface area contributed by atoms with E-state index in [4.69, 9.17) is 4.74 Å². The van der Waals surface area contributed by atoms with Crippen LogP contribution in [0.15, 0.2) is 24.3 Å². The van der Waals surface area contributed by atoms with Crippen LogP contribution >= 0.6 is 0 Å². The molecule has 1 fully saturated rings. The Morgan fingerprint density at radius 2 is 2.04 bits per heavy atom. The van der Waals surface area contributed by atoms with Crippen LogP contribution in [0.5, 0.6) is 0 Å². The fourth-order valence-corrected chi connectivity index (χ4v) is 3.00. The highest BCUT2D eigenvalue weighted by Gasteiger charge is 2.38. The van der Waals surface area contributed by atoms with E-state index in [0.29, 0.717) is 19.5 Å². The molecule has 1 saturated heterocycles. The van der Waals surface area contributed by atoms with Gasteiger partial charge in [-0.2, -0.15) is 0 Å². The number of hydrogen-bond acceptors (Lipinski definition) is 3. The van der Waals surface area contributed by atoms with Gasteiger partial charge in [0.2, 0.25) is 5.91 Å². The van der Waals surface area contributed by atoms with E-state index in [9.17, 15) is 9.59 Å². The molecule has 132 valence electrons. The van der Waals surface area contributed by atoms with Crippen molar-refractivity contribution in [3.63, 3.8) is 0 Å². The molecular formula is C19H28N2O3. The lowest BCUT2D eigenvalue weighted by atomic mass is 10.1. The van der Waals surface area contributed by atoms with E-state index in [0.717, 1.165) is 17.7 Å². The van der Waals surface area contributed by atoms with Gasteiger partial charge in [0.25, 0.3) is 0 Å². The average molecular weight is 332 g/mol. The first-order valence-corrected chi connectivity index (χ1v) is 8.60. The SMILES string of the molecule is CCN(C(=O)[C@@H]1CCCN1C(=O)OC(C)(C)C)c1cccc(C)c1. The van der Waals surface area contributed by atoms with Crippen molar-refractivity contribution in [2.75, 3.05) is 18.0 Å². The number of aryl methyl sites for hydroxylation is 1. The standard InChI is InChI=1S/C19H28N2O3/c1-6-20(15-10-7-9-14(2)13-15)17(22)16-11-8-12-21(16)18(23)24-19(3,4)5/h7,9-10,13,16H,6,8,11-12H2,1-5H3/t16-/m0/s1. The number of ether oxygens (including phenoxy) is 1. The van der Waals surface area contributed by atoms with Crippen molar-refractivity contribution >= 4 is 17.7 Å². The molecular weight excluding hydrogens is 304 g/mol. The molecule has 0 bridgehead atoms. The van der Waals surface area contributed by atoms with Gasteiger partial charge in [-0.05, 0) is 65.2 Å². The molecule has 2 amide bonds. The van der Waals surface area contributed by atoms with Crippen LogP contribution in [-0.2, 0) is 9.53 Å².